The normalized spacial score (nSPS) is 11.2. The first-order chi connectivity index (χ1) is 8.44. The molecule has 0 fully saturated rings. The molecule has 18 heavy (non-hydrogen) atoms. The van der Waals surface area contributed by atoms with Crippen molar-refractivity contribution in [1.82, 2.24) is 4.72 Å². The molecule has 0 amide bonds. The molecular formula is C11H16N2O4S. The quantitative estimate of drug-likeness (QED) is 0.689. The number of hydrogen-bond acceptors (Lipinski definition) is 3. The molecular weight excluding hydrogens is 256 g/mol. The summed E-state index contributed by atoms with van der Waals surface area (Å²) in [7, 11) is -3.65. The molecule has 0 heterocycles. The van der Waals surface area contributed by atoms with Gasteiger partial charge in [0, 0.05) is 6.54 Å². The lowest BCUT2D eigenvalue weighted by molar-refractivity contribution is -0.136. The smallest absolute Gasteiger partial charge is 0.307 e. The van der Waals surface area contributed by atoms with Crippen LogP contribution in [0.1, 0.15) is 18.9 Å². The molecule has 0 unspecified atom stereocenters. The summed E-state index contributed by atoms with van der Waals surface area (Å²) in [6.07, 6.45) is 0.449. The second-order valence-electron chi connectivity index (χ2n) is 3.73. The maximum atomic E-state index is 11.6. The zero-order chi connectivity index (χ0) is 13.6. The lowest BCUT2D eigenvalue weighted by Crippen LogP contribution is -2.31. The monoisotopic (exact) mass is 272 g/mol. The van der Waals surface area contributed by atoms with Crippen LogP contribution in [0, 0.1) is 0 Å². The van der Waals surface area contributed by atoms with Gasteiger partial charge in [-0.3, -0.25) is 9.52 Å². The number of rotatable bonds is 7. The van der Waals surface area contributed by atoms with Gasteiger partial charge in [0.05, 0.1) is 12.1 Å². The van der Waals surface area contributed by atoms with E-state index in [-0.39, 0.29) is 12.1 Å². The van der Waals surface area contributed by atoms with Gasteiger partial charge in [0.2, 0.25) is 0 Å². The molecule has 0 saturated heterocycles. The molecule has 1 aromatic rings. The Labute approximate surface area is 106 Å². The molecule has 7 heteroatoms. The molecule has 0 saturated carbocycles. The molecule has 0 radical (unpaired) electrons. The standard InChI is InChI=1S/C11H16N2O4S/c1-2-7-12-18(16,17)13-10-6-4-3-5-9(10)8-11(14)15/h3-6,12-13H,2,7-8H2,1H3,(H,14,15). The van der Waals surface area contributed by atoms with Crippen molar-refractivity contribution in [2.24, 2.45) is 0 Å². The molecule has 0 aromatic heterocycles. The van der Waals surface area contributed by atoms with E-state index in [2.05, 4.69) is 9.44 Å². The van der Waals surface area contributed by atoms with E-state index in [9.17, 15) is 13.2 Å². The third-order valence-electron chi connectivity index (χ3n) is 2.15. The van der Waals surface area contributed by atoms with E-state index in [1.807, 2.05) is 6.92 Å². The Kier molecular flexibility index (Phi) is 5.11. The number of nitrogens with one attached hydrogen (secondary N) is 2. The van der Waals surface area contributed by atoms with Crippen molar-refractivity contribution >= 4 is 21.9 Å². The van der Waals surface area contributed by atoms with Gasteiger partial charge in [0.1, 0.15) is 0 Å². The molecule has 0 aliphatic carbocycles. The van der Waals surface area contributed by atoms with Crippen molar-refractivity contribution in [3.8, 4) is 0 Å². The molecule has 100 valence electrons. The predicted octanol–water partition coefficient (Wildman–Crippen LogP) is 0.970. The molecule has 6 nitrogen and oxygen atoms in total. The Hall–Kier alpha value is -1.60. The van der Waals surface area contributed by atoms with Crippen molar-refractivity contribution in [3.63, 3.8) is 0 Å². The van der Waals surface area contributed by atoms with Crippen LogP contribution in [0.15, 0.2) is 24.3 Å². The zero-order valence-corrected chi connectivity index (χ0v) is 10.8. The summed E-state index contributed by atoms with van der Waals surface area (Å²) in [4.78, 5) is 10.7. The maximum absolute atomic E-state index is 11.6. The summed E-state index contributed by atoms with van der Waals surface area (Å²) in [5, 5.41) is 8.74. The second kappa shape index (κ2) is 6.36. The minimum atomic E-state index is -3.65. The first kappa shape index (κ1) is 14.5. The van der Waals surface area contributed by atoms with Gasteiger partial charge >= 0.3 is 5.97 Å². The molecule has 0 aliphatic heterocycles. The van der Waals surface area contributed by atoms with Crippen LogP contribution in [0.4, 0.5) is 5.69 Å². The van der Waals surface area contributed by atoms with Crippen molar-refractivity contribution < 1.29 is 18.3 Å². The number of para-hydroxylation sites is 1. The summed E-state index contributed by atoms with van der Waals surface area (Å²) in [5.74, 6) is -1.01. The van der Waals surface area contributed by atoms with Crippen LogP contribution in [-0.2, 0) is 21.4 Å². The Morgan fingerprint density at radius 2 is 2.00 bits per heavy atom. The fourth-order valence-electron chi connectivity index (χ4n) is 1.35. The van der Waals surface area contributed by atoms with E-state index < -0.39 is 16.2 Å². The van der Waals surface area contributed by atoms with Gasteiger partial charge in [-0.1, -0.05) is 25.1 Å². The van der Waals surface area contributed by atoms with Crippen molar-refractivity contribution in [1.29, 1.82) is 0 Å². The van der Waals surface area contributed by atoms with E-state index >= 15 is 0 Å². The van der Waals surface area contributed by atoms with E-state index in [4.69, 9.17) is 5.11 Å². The average molecular weight is 272 g/mol. The number of carboxylic acids is 1. The van der Waals surface area contributed by atoms with Crippen LogP contribution in [0.3, 0.4) is 0 Å². The number of hydrogen-bond donors (Lipinski definition) is 3. The Bertz CT molecular complexity index is 514. The summed E-state index contributed by atoms with van der Waals surface area (Å²) in [5.41, 5.74) is 0.704. The fraction of sp³-hybridized carbons (Fsp3) is 0.364. The van der Waals surface area contributed by atoms with Gasteiger partial charge < -0.3 is 5.11 Å². The highest BCUT2D eigenvalue weighted by Crippen LogP contribution is 2.16. The van der Waals surface area contributed by atoms with Crippen LogP contribution < -0.4 is 9.44 Å². The highest BCUT2D eigenvalue weighted by Gasteiger charge is 2.12. The van der Waals surface area contributed by atoms with Crippen LogP contribution in [-0.4, -0.2) is 26.0 Å². The van der Waals surface area contributed by atoms with Crippen LogP contribution in [0.5, 0.6) is 0 Å². The fourth-order valence-corrected chi connectivity index (χ4v) is 2.39. The molecule has 0 atom stereocenters. The van der Waals surface area contributed by atoms with Gasteiger partial charge in [-0.15, -0.1) is 0 Å². The van der Waals surface area contributed by atoms with Crippen molar-refractivity contribution in [2.75, 3.05) is 11.3 Å². The number of aliphatic carboxylic acids is 1. The minimum absolute atomic E-state index is 0.230. The number of carbonyl (C=O) groups is 1. The van der Waals surface area contributed by atoms with E-state index in [0.717, 1.165) is 0 Å². The highest BCUT2D eigenvalue weighted by molar-refractivity contribution is 7.90. The van der Waals surface area contributed by atoms with E-state index in [1.165, 1.54) is 6.07 Å². The maximum Gasteiger partial charge on any atom is 0.307 e. The third kappa shape index (κ3) is 4.72. The van der Waals surface area contributed by atoms with E-state index in [1.54, 1.807) is 18.2 Å². The molecule has 1 rings (SSSR count). The minimum Gasteiger partial charge on any atom is -0.481 e. The van der Waals surface area contributed by atoms with Gasteiger partial charge in [-0.05, 0) is 18.1 Å². The van der Waals surface area contributed by atoms with Gasteiger partial charge in [-0.2, -0.15) is 13.1 Å². The van der Waals surface area contributed by atoms with Gasteiger partial charge in [0.25, 0.3) is 10.2 Å². The predicted molar refractivity (Wildman–Crippen MR) is 68.6 cm³/mol. The van der Waals surface area contributed by atoms with Gasteiger partial charge in [-0.25, -0.2) is 0 Å². The van der Waals surface area contributed by atoms with Crippen molar-refractivity contribution in [3.05, 3.63) is 29.8 Å². The Balaban J connectivity index is 2.86. The zero-order valence-electron chi connectivity index (χ0n) is 10.0. The Morgan fingerprint density at radius 1 is 1.33 bits per heavy atom. The average Bonchev–Trinajstić information content (AvgIpc) is 2.28. The highest BCUT2D eigenvalue weighted by atomic mass is 32.2. The number of carboxylic acid groups (broad SMARTS) is 1. The van der Waals surface area contributed by atoms with Crippen LogP contribution >= 0.6 is 0 Å². The summed E-state index contributed by atoms with van der Waals surface area (Å²) in [6.45, 7) is 2.18. The van der Waals surface area contributed by atoms with Gasteiger partial charge in [0.15, 0.2) is 0 Å². The summed E-state index contributed by atoms with van der Waals surface area (Å²) in [6, 6.07) is 6.41. The number of anilines is 1. The van der Waals surface area contributed by atoms with Crippen LogP contribution in [0.25, 0.3) is 0 Å². The molecule has 0 bridgehead atoms. The Morgan fingerprint density at radius 3 is 2.61 bits per heavy atom. The van der Waals surface area contributed by atoms with Crippen LogP contribution in [0.2, 0.25) is 0 Å². The lowest BCUT2D eigenvalue weighted by Gasteiger charge is -2.11. The van der Waals surface area contributed by atoms with E-state index in [0.29, 0.717) is 18.5 Å². The summed E-state index contributed by atoms with van der Waals surface area (Å²) >= 11 is 0. The molecule has 1 aromatic carbocycles. The molecule has 3 N–H and O–H groups in total. The second-order valence-corrected chi connectivity index (χ2v) is 5.23. The molecule has 0 spiro atoms. The van der Waals surface area contributed by atoms with Crippen molar-refractivity contribution in [2.45, 2.75) is 19.8 Å². The molecule has 0 aliphatic rings. The third-order valence-corrected chi connectivity index (χ3v) is 3.22. The topological polar surface area (TPSA) is 95.5 Å². The SMILES string of the molecule is CCCNS(=O)(=O)Nc1ccccc1CC(=O)O. The summed E-state index contributed by atoms with van der Waals surface area (Å²) < 4.78 is 27.9. The first-order valence-electron chi connectivity index (χ1n) is 5.51. The first-order valence-corrected chi connectivity index (χ1v) is 7.00. The largest absolute Gasteiger partial charge is 0.481 e. The lowest BCUT2D eigenvalue weighted by atomic mass is 10.1. The number of benzene rings is 1.